The van der Waals surface area contributed by atoms with E-state index in [1.807, 2.05) is 0 Å². The van der Waals surface area contributed by atoms with Gasteiger partial charge in [0.15, 0.2) is 6.10 Å². The van der Waals surface area contributed by atoms with Gasteiger partial charge >= 0.3 is 12.5 Å². The Morgan fingerprint density at radius 2 is 1.77 bits per heavy atom. The number of anilines is 1. The molecule has 1 aliphatic heterocycles. The lowest BCUT2D eigenvalue weighted by atomic mass is 9.85. The molecule has 2 amide bonds. The van der Waals surface area contributed by atoms with Crippen molar-refractivity contribution in [2.45, 2.75) is 64.0 Å². The van der Waals surface area contributed by atoms with Crippen molar-refractivity contribution >= 4 is 17.7 Å². The number of ether oxygens (including phenoxy) is 3. The lowest BCUT2D eigenvalue weighted by Gasteiger charge is -2.32. The SMILES string of the molecule is C[C@@H](CNc1ccc(OC(F)(F)F)cc1)NC(=O)OC(CC1CCCCC1)C(=O)N1CCOCC1. The van der Waals surface area contributed by atoms with Crippen molar-refractivity contribution < 1.29 is 37.0 Å². The number of amides is 2. The van der Waals surface area contributed by atoms with E-state index in [0.29, 0.717) is 50.9 Å². The van der Waals surface area contributed by atoms with Crippen molar-refractivity contribution in [3.05, 3.63) is 24.3 Å². The van der Waals surface area contributed by atoms with Crippen LogP contribution in [-0.2, 0) is 14.3 Å². The molecule has 1 aromatic rings. The zero-order valence-electron chi connectivity index (χ0n) is 19.9. The molecule has 11 heteroatoms. The summed E-state index contributed by atoms with van der Waals surface area (Å²) in [4.78, 5) is 27.4. The fourth-order valence-electron chi connectivity index (χ4n) is 4.37. The minimum atomic E-state index is -4.74. The standard InChI is InChI=1S/C24H34F3N3O5/c1-17(16-28-19-7-9-20(10-8-19)35-24(25,26)27)29-23(32)34-21(15-18-5-3-2-4-6-18)22(31)30-11-13-33-14-12-30/h7-10,17-18,21,28H,2-6,11-16H2,1H3,(H,29,32)/t17-,21?/m0/s1. The largest absolute Gasteiger partial charge is 0.573 e. The summed E-state index contributed by atoms with van der Waals surface area (Å²) in [5.74, 6) is -0.136. The van der Waals surface area contributed by atoms with Crippen LogP contribution in [0.5, 0.6) is 5.75 Å². The van der Waals surface area contributed by atoms with Gasteiger partial charge in [-0.25, -0.2) is 4.79 Å². The summed E-state index contributed by atoms with van der Waals surface area (Å²) in [7, 11) is 0. The van der Waals surface area contributed by atoms with Gasteiger partial charge in [-0.3, -0.25) is 4.79 Å². The Balaban J connectivity index is 1.49. The summed E-state index contributed by atoms with van der Waals surface area (Å²) < 4.78 is 51.6. The highest BCUT2D eigenvalue weighted by atomic mass is 19.4. The molecule has 2 atom stereocenters. The number of benzene rings is 1. The van der Waals surface area contributed by atoms with Gasteiger partial charge in [0.05, 0.1) is 13.2 Å². The van der Waals surface area contributed by atoms with Crippen LogP contribution in [0.4, 0.5) is 23.7 Å². The smallest absolute Gasteiger partial charge is 0.436 e. The lowest BCUT2D eigenvalue weighted by molar-refractivity contribution is -0.274. The van der Waals surface area contributed by atoms with E-state index in [0.717, 1.165) is 25.7 Å². The Morgan fingerprint density at radius 3 is 2.40 bits per heavy atom. The van der Waals surface area contributed by atoms with Crippen molar-refractivity contribution in [2.75, 3.05) is 38.2 Å². The minimum Gasteiger partial charge on any atom is -0.436 e. The zero-order valence-corrected chi connectivity index (χ0v) is 19.9. The highest BCUT2D eigenvalue weighted by Crippen LogP contribution is 2.29. The number of rotatable bonds is 9. The average Bonchev–Trinajstić information content (AvgIpc) is 2.83. The van der Waals surface area contributed by atoms with E-state index in [1.54, 1.807) is 11.8 Å². The molecule has 0 spiro atoms. The molecule has 1 saturated carbocycles. The number of hydrogen-bond donors (Lipinski definition) is 2. The summed E-state index contributed by atoms with van der Waals surface area (Å²) in [6, 6.07) is 4.95. The molecular formula is C24H34F3N3O5. The second kappa shape index (κ2) is 12.9. The van der Waals surface area contributed by atoms with Crippen LogP contribution in [0.3, 0.4) is 0 Å². The predicted octanol–water partition coefficient (Wildman–Crippen LogP) is 4.31. The molecule has 196 valence electrons. The molecule has 2 aliphatic rings. The summed E-state index contributed by atoms with van der Waals surface area (Å²) in [6.45, 7) is 3.98. The molecule has 2 fully saturated rings. The number of nitrogens with one attached hydrogen (secondary N) is 2. The molecule has 1 unspecified atom stereocenters. The first-order valence-electron chi connectivity index (χ1n) is 12.1. The number of morpholine rings is 1. The first-order valence-corrected chi connectivity index (χ1v) is 12.1. The predicted molar refractivity (Wildman–Crippen MR) is 123 cm³/mol. The Bertz CT molecular complexity index is 810. The summed E-state index contributed by atoms with van der Waals surface area (Å²) in [5, 5.41) is 5.76. The molecule has 1 aromatic carbocycles. The van der Waals surface area contributed by atoms with Gasteiger partial charge in [0.1, 0.15) is 5.75 Å². The summed E-state index contributed by atoms with van der Waals surface area (Å²) in [6.07, 6.45) is -0.219. The number of halogens is 3. The van der Waals surface area contributed by atoms with Crippen LogP contribution in [-0.4, -0.2) is 68.3 Å². The molecule has 0 bridgehead atoms. The zero-order chi connectivity index (χ0) is 25.3. The highest BCUT2D eigenvalue weighted by molar-refractivity contribution is 5.83. The minimum absolute atomic E-state index is 0.180. The third-order valence-corrected chi connectivity index (χ3v) is 6.18. The van der Waals surface area contributed by atoms with Crippen LogP contribution in [0.2, 0.25) is 0 Å². The van der Waals surface area contributed by atoms with Gasteiger partial charge in [0.2, 0.25) is 0 Å². The van der Waals surface area contributed by atoms with Crippen LogP contribution < -0.4 is 15.4 Å². The van der Waals surface area contributed by atoms with E-state index < -0.39 is 18.6 Å². The van der Waals surface area contributed by atoms with Crippen molar-refractivity contribution in [3.63, 3.8) is 0 Å². The molecule has 1 saturated heterocycles. The normalized spacial score (nSPS) is 18.9. The lowest BCUT2D eigenvalue weighted by Crippen LogP contribution is -2.49. The van der Waals surface area contributed by atoms with Crippen LogP contribution in [0.1, 0.15) is 45.4 Å². The van der Waals surface area contributed by atoms with Gasteiger partial charge in [0.25, 0.3) is 5.91 Å². The van der Waals surface area contributed by atoms with E-state index in [1.165, 1.54) is 30.7 Å². The van der Waals surface area contributed by atoms with Crippen molar-refractivity contribution in [3.8, 4) is 5.75 Å². The van der Waals surface area contributed by atoms with Gasteiger partial charge in [-0.05, 0) is 43.5 Å². The van der Waals surface area contributed by atoms with Crippen LogP contribution in [0.15, 0.2) is 24.3 Å². The number of alkyl halides is 3. The van der Waals surface area contributed by atoms with Gasteiger partial charge < -0.3 is 29.7 Å². The third kappa shape index (κ3) is 9.46. The topological polar surface area (TPSA) is 89.1 Å². The quantitative estimate of drug-likeness (QED) is 0.524. The molecule has 0 radical (unpaired) electrons. The molecular weight excluding hydrogens is 467 g/mol. The van der Waals surface area contributed by atoms with Crippen LogP contribution in [0, 0.1) is 5.92 Å². The molecule has 0 aromatic heterocycles. The number of carbonyl (C=O) groups excluding carboxylic acids is 2. The third-order valence-electron chi connectivity index (χ3n) is 6.18. The maximum absolute atomic E-state index is 13.1. The molecule has 1 aliphatic carbocycles. The number of alkyl carbamates (subject to hydrolysis) is 1. The van der Waals surface area contributed by atoms with Crippen molar-refractivity contribution in [1.82, 2.24) is 10.2 Å². The second-order valence-corrected chi connectivity index (χ2v) is 9.07. The van der Waals surface area contributed by atoms with Gasteiger partial charge in [-0.15, -0.1) is 13.2 Å². The summed E-state index contributed by atoms with van der Waals surface area (Å²) >= 11 is 0. The molecule has 2 N–H and O–H groups in total. The van der Waals surface area contributed by atoms with Crippen LogP contribution >= 0.6 is 0 Å². The van der Waals surface area contributed by atoms with Crippen LogP contribution in [0.25, 0.3) is 0 Å². The Kier molecular flexibility index (Phi) is 9.88. The van der Waals surface area contributed by atoms with Crippen molar-refractivity contribution in [2.24, 2.45) is 5.92 Å². The number of nitrogens with zero attached hydrogens (tertiary/aromatic N) is 1. The molecule has 1 heterocycles. The van der Waals surface area contributed by atoms with E-state index in [2.05, 4.69) is 15.4 Å². The monoisotopic (exact) mass is 501 g/mol. The van der Waals surface area contributed by atoms with E-state index >= 15 is 0 Å². The first-order chi connectivity index (χ1) is 16.7. The fourth-order valence-corrected chi connectivity index (χ4v) is 4.37. The van der Waals surface area contributed by atoms with Gasteiger partial charge in [0, 0.05) is 31.4 Å². The highest BCUT2D eigenvalue weighted by Gasteiger charge is 2.32. The molecule has 3 rings (SSSR count). The Labute approximate surface area is 203 Å². The average molecular weight is 502 g/mol. The van der Waals surface area contributed by atoms with Gasteiger partial charge in [-0.2, -0.15) is 0 Å². The van der Waals surface area contributed by atoms with E-state index in [-0.39, 0.29) is 17.7 Å². The summed E-state index contributed by atoms with van der Waals surface area (Å²) in [5.41, 5.74) is 0.569. The Morgan fingerprint density at radius 1 is 1.11 bits per heavy atom. The van der Waals surface area contributed by atoms with E-state index in [9.17, 15) is 22.8 Å². The molecule has 8 nitrogen and oxygen atoms in total. The second-order valence-electron chi connectivity index (χ2n) is 9.07. The maximum Gasteiger partial charge on any atom is 0.573 e. The first kappa shape index (κ1) is 26.9. The number of hydrogen-bond acceptors (Lipinski definition) is 6. The number of carbonyl (C=O) groups is 2. The maximum atomic E-state index is 13.1. The van der Waals surface area contributed by atoms with Gasteiger partial charge in [-0.1, -0.05) is 32.1 Å². The molecule has 35 heavy (non-hydrogen) atoms. The van der Waals surface area contributed by atoms with Crippen molar-refractivity contribution in [1.29, 1.82) is 0 Å². The van der Waals surface area contributed by atoms with E-state index in [4.69, 9.17) is 9.47 Å². The Hall–Kier alpha value is -2.69. The fraction of sp³-hybridized carbons (Fsp3) is 0.667.